The van der Waals surface area contributed by atoms with E-state index in [1.165, 1.54) is 0 Å². The van der Waals surface area contributed by atoms with Gasteiger partial charge >= 0.3 is 0 Å². The Morgan fingerprint density at radius 3 is 3.00 bits per heavy atom. The molecular formula is C17H20N6O. The van der Waals surface area contributed by atoms with Crippen LogP contribution in [0.25, 0.3) is 5.65 Å². The van der Waals surface area contributed by atoms with Crippen LogP contribution in [0.1, 0.15) is 39.7 Å². The third-order valence-corrected chi connectivity index (χ3v) is 4.57. The second kappa shape index (κ2) is 5.43. The summed E-state index contributed by atoms with van der Waals surface area (Å²) >= 11 is 0. The molecule has 24 heavy (non-hydrogen) atoms. The number of amides is 1. The van der Waals surface area contributed by atoms with Gasteiger partial charge in [0, 0.05) is 42.8 Å². The van der Waals surface area contributed by atoms with Crippen molar-refractivity contribution in [1.29, 1.82) is 0 Å². The number of hydrogen-bond donors (Lipinski definition) is 1. The molecule has 0 aromatic carbocycles. The van der Waals surface area contributed by atoms with Crippen molar-refractivity contribution in [2.24, 2.45) is 0 Å². The zero-order chi connectivity index (χ0) is 16.8. The maximum absolute atomic E-state index is 12.9. The van der Waals surface area contributed by atoms with Crippen LogP contribution >= 0.6 is 0 Å². The molecule has 1 N–H and O–H groups in total. The van der Waals surface area contributed by atoms with Crippen LogP contribution in [0.15, 0.2) is 18.5 Å². The van der Waals surface area contributed by atoms with Crippen LogP contribution in [0.5, 0.6) is 0 Å². The van der Waals surface area contributed by atoms with Crippen LogP contribution in [0.4, 0.5) is 0 Å². The van der Waals surface area contributed by atoms with Crippen LogP contribution in [-0.2, 0) is 13.0 Å². The molecule has 4 rings (SSSR count). The van der Waals surface area contributed by atoms with Crippen molar-refractivity contribution >= 4 is 11.6 Å². The van der Waals surface area contributed by atoms with E-state index in [9.17, 15) is 4.79 Å². The first kappa shape index (κ1) is 14.9. The van der Waals surface area contributed by atoms with Gasteiger partial charge in [0.2, 0.25) is 0 Å². The molecule has 0 radical (unpaired) electrons. The van der Waals surface area contributed by atoms with Crippen molar-refractivity contribution in [3.63, 3.8) is 0 Å². The van der Waals surface area contributed by atoms with Gasteiger partial charge in [-0.2, -0.15) is 5.10 Å². The predicted octanol–water partition coefficient (Wildman–Crippen LogP) is 1.60. The highest BCUT2D eigenvalue weighted by atomic mass is 16.1. The van der Waals surface area contributed by atoms with E-state index in [1.807, 2.05) is 39.2 Å². The molecule has 0 unspecified atom stereocenters. The first-order valence-corrected chi connectivity index (χ1v) is 8.17. The van der Waals surface area contributed by atoms with E-state index in [1.54, 1.807) is 4.52 Å². The van der Waals surface area contributed by atoms with E-state index in [0.717, 1.165) is 36.6 Å². The van der Waals surface area contributed by atoms with Gasteiger partial charge in [0.1, 0.15) is 11.4 Å². The van der Waals surface area contributed by atoms with Gasteiger partial charge in [0.15, 0.2) is 5.65 Å². The average molecular weight is 324 g/mol. The smallest absolute Gasteiger partial charge is 0.257 e. The monoisotopic (exact) mass is 324 g/mol. The summed E-state index contributed by atoms with van der Waals surface area (Å²) in [7, 11) is 0. The lowest BCUT2D eigenvalue weighted by Gasteiger charge is -2.24. The van der Waals surface area contributed by atoms with E-state index in [4.69, 9.17) is 0 Å². The molecule has 3 aromatic heterocycles. The topological polar surface area (TPSA) is 77.1 Å². The molecule has 0 aliphatic carbocycles. The van der Waals surface area contributed by atoms with Crippen LogP contribution in [0.3, 0.4) is 0 Å². The summed E-state index contributed by atoms with van der Waals surface area (Å²) in [6, 6.07) is 2.06. The first-order chi connectivity index (χ1) is 11.5. The standard InChI is InChI=1S/C17H20N6O/c1-10-8-11(2)23-16(19-10)15(12(3)21-23)17(24)20-13-4-5-14-18-6-7-22(14)9-13/h6-8,13H,4-5,9H2,1-3H3,(H,20,24)/t13-/m1/s1. The van der Waals surface area contributed by atoms with E-state index < -0.39 is 0 Å². The number of aryl methyl sites for hydroxylation is 4. The maximum atomic E-state index is 12.9. The molecule has 1 aliphatic heterocycles. The number of carbonyl (C=O) groups is 1. The summed E-state index contributed by atoms with van der Waals surface area (Å²) in [5.41, 5.74) is 3.75. The highest BCUT2D eigenvalue weighted by molar-refractivity contribution is 6.01. The van der Waals surface area contributed by atoms with Crippen molar-refractivity contribution in [2.45, 2.75) is 46.2 Å². The highest BCUT2D eigenvalue weighted by Gasteiger charge is 2.24. The van der Waals surface area contributed by atoms with Crippen LogP contribution in [-0.4, -0.2) is 36.1 Å². The van der Waals surface area contributed by atoms with Gasteiger partial charge in [0.05, 0.1) is 5.69 Å². The zero-order valence-electron chi connectivity index (χ0n) is 14.1. The number of hydrogen-bond acceptors (Lipinski definition) is 4. The fourth-order valence-corrected chi connectivity index (χ4v) is 3.43. The number of fused-ring (bicyclic) bond motifs is 2. The lowest BCUT2D eigenvalue weighted by atomic mass is 10.1. The van der Waals surface area contributed by atoms with Crippen molar-refractivity contribution < 1.29 is 4.79 Å². The van der Waals surface area contributed by atoms with Crippen molar-refractivity contribution in [3.8, 4) is 0 Å². The summed E-state index contributed by atoms with van der Waals surface area (Å²) < 4.78 is 3.84. The molecule has 1 amide bonds. The van der Waals surface area contributed by atoms with E-state index in [0.29, 0.717) is 16.9 Å². The Morgan fingerprint density at radius 1 is 1.33 bits per heavy atom. The van der Waals surface area contributed by atoms with E-state index >= 15 is 0 Å². The third-order valence-electron chi connectivity index (χ3n) is 4.57. The molecule has 0 bridgehead atoms. The fourth-order valence-electron chi connectivity index (χ4n) is 3.43. The number of carbonyl (C=O) groups excluding carboxylic acids is 1. The minimum absolute atomic E-state index is 0.0967. The quantitative estimate of drug-likeness (QED) is 0.777. The number of rotatable bonds is 2. The predicted molar refractivity (Wildman–Crippen MR) is 89.0 cm³/mol. The van der Waals surface area contributed by atoms with Gasteiger partial charge < -0.3 is 9.88 Å². The van der Waals surface area contributed by atoms with Crippen molar-refractivity contribution in [1.82, 2.24) is 29.5 Å². The Balaban J connectivity index is 1.63. The Labute approximate surface area is 139 Å². The number of aromatic nitrogens is 5. The minimum Gasteiger partial charge on any atom is -0.347 e. The molecule has 0 fully saturated rings. The van der Waals surface area contributed by atoms with Gasteiger partial charge in [-0.05, 0) is 33.3 Å². The summed E-state index contributed by atoms with van der Waals surface area (Å²) in [5, 5.41) is 7.62. The largest absolute Gasteiger partial charge is 0.347 e. The van der Waals surface area contributed by atoms with Gasteiger partial charge in [-0.25, -0.2) is 14.5 Å². The summed E-state index contributed by atoms with van der Waals surface area (Å²) in [5.74, 6) is 0.981. The van der Waals surface area contributed by atoms with E-state index in [-0.39, 0.29) is 11.9 Å². The van der Waals surface area contributed by atoms with Gasteiger partial charge in [-0.3, -0.25) is 4.79 Å². The second-order valence-electron chi connectivity index (χ2n) is 6.44. The molecule has 0 saturated carbocycles. The van der Waals surface area contributed by atoms with Crippen LogP contribution in [0, 0.1) is 20.8 Å². The molecule has 3 aromatic rings. The lowest BCUT2D eigenvalue weighted by Crippen LogP contribution is -2.41. The third kappa shape index (κ3) is 2.36. The Kier molecular flexibility index (Phi) is 3.37. The molecule has 4 heterocycles. The minimum atomic E-state index is -0.103. The fraction of sp³-hybridized carbons (Fsp3) is 0.412. The molecule has 0 spiro atoms. The summed E-state index contributed by atoms with van der Waals surface area (Å²) in [6.07, 6.45) is 5.54. The summed E-state index contributed by atoms with van der Waals surface area (Å²) in [4.78, 5) is 21.7. The van der Waals surface area contributed by atoms with Crippen molar-refractivity contribution in [2.75, 3.05) is 0 Å². The molecular weight excluding hydrogens is 304 g/mol. The van der Waals surface area contributed by atoms with Gasteiger partial charge in [0.25, 0.3) is 5.91 Å². The normalized spacial score (nSPS) is 17.0. The molecule has 124 valence electrons. The summed E-state index contributed by atoms with van der Waals surface area (Å²) in [6.45, 7) is 6.51. The number of nitrogens with one attached hydrogen (secondary N) is 1. The average Bonchev–Trinajstić information content (AvgIpc) is 3.10. The molecule has 7 nitrogen and oxygen atoms in total. The van der Waals surface area contributed by atoms with Crippen molar-refractivity contribution in [3.05, 3.63) is 46.9 Å². The maximum Gasteiger partial charge on any atom is 0.257 e. The number of imidazole rings is 1. The molecule has 1 atom stereocenters. The Morgan fingerprint density at radius 2 is 2.17 bits per heavy atom. The van der Waals surface area contributed by atoms with Gasteiger partial charge in [-0.15, -0.1) is 0 Å². The van der Waals surface area contributed by atoms with Crippen LogP contribution in [0.2, 0.25) is 0 Å². The molecule has 1 aliphatic rings. The van der Waals surface area contributed by atoms with Gasteiger partial charge in [-0.1, -0.05) is 0 Å². The first-order valence-electron chi connectivity index (χ1n) is 8.17. The second-order valence-corrected chi connectivity index (χ2v) is 6.44. The molecule has 7 heteroatoms. The van der Waals surface area contributed by atoms with E-state index in [2.05, 4.69) is 25.0 Å². The zero-order valence-corrected chi connectivity index (χ0v) is 14.1. The van der Waals surface area contributed by atoms with Crippen LogP contribution < -0.4 is 5.32 Å². The number of nitrogens with zero attached hydrogens (tertiary/aromatic N) is 5. The SMILES string of the molecule is Cc1cc(C)n2nc(C)c(C(=O)N[C@@H]3CCc4nccn4C3)c2n1. The highest BCUT2D eigenvalue weighted by Crippen LogP contribution is 2.18. The molecule has 0 saturated heterocycles. The Hall–Kier alpha value is -2.70. The Bertz CT molecular complexity index is 938. The lowest BCUT2D eigenvalue weighted by molar-refractivity contribution is 0.0928.